The number of aromatic amines is 1. The van der Waals surface area contributed by atoms with Crippen LogP contribution < -0.4 is 11.2 Å². The number of nitrogens with zero attached hydrogens (tertiary/aromatic N) is 5. The highest BCUT2D eigenvalue weighted by molar-refractivity contribution is 5.85. The van der Waals surface area contributed by atoms with Crippen molar-refractivity contribution in [1.29, 1.82) is 0 Å². The van der Waals surface area contributed by atoms with Crippen LogP contribution in [0.3, 0.4) is 0 Å². The molecule has 0 unspecified atom stereocenters. The molecule has 4 aromatic rings. The fraction of sp³-hybridized carbons (Fsp3) is 0. The number of rotatable bonds is 3. The molecule has 0 fully saturated rings. The van der Waals surface area contributed by atoms with Crippen LogP contribution in [-0.2, 0) is 0 Å². The summed E-state index contributed by atoms with van der Waals surface area (Å²) < 4.78 is 1.86. The Hall–Kier alpha value is -4.35. The number of non-ortho nitro benzene ring substituents is 2. The molecule has 0 aliphatic rings. The van der Waals surface area contributed by atoms with Crippen molar-refractivity contribution in [3.8, 4) is 5.69 Å². The summed E-state index contributed by atoms with van der Waals surface area (Å²) in [7, 11) is 0. The Morgan fingerprint density at radius 2 is 1.67 bits per heavy atom. The van der Waals surface area contributed by atoms with Crippen molar-refractivity contribution >= 4 is 28.1 Å². The molecule has 0 aliphatic heterocycles. The van der Waals surface area contributed by atoms with Gasteiger partial charge in [0.1, 0.15) is 5.52 Å². The smallest absolute Gasteiger partial charge is 0.312 e. The van der Waals surface area contributed by atoms with Crippen molar-refractivity contribution in [2.75, 3.05) is 0 Å². The molecule has 12 heteroatoms. The zero-order valence-electron chi connectivity index (χ0n) is 13.2. The van der Waals surface area contributed by atoms with Gasteiger partial charge in [0.05, 0.1) is 21.1 Å². The van der Waals surface area contributed by atoms with Crippen LogP contribution in [0, 0.1) is 20.2 Å². The first kappa shape index (κ1) is 16.1. The Bertz CT molecular complexity index is 1360. The zero-order valence-corrected chi connectivity index (χ0v) is 13.2. The van der Waals surface area contributed by atoms with Gasteiger partial charge in [0, 0.05) is 18.2 Å². The van der Waals surface area contributed by atoms with Gasteiger partial charge in [-0.15, -0.1) is 5.10 Å². The van der Waals surface area contributed by atoms with Crippen molar-refractivity contribution in [3.05, 3.63) is 83.5 Å². The Morgan fingerprint density at radius 1 is 0.963 bits per heavy atom. The molecular weight excluding hydrogens is 360 g/mol. The van der Waals surface area contributed by atoms with Crippen LogP contribution in [-0.4, -0.2) is 29.0 Å². The molecule has 2 heterocycles. The van der Waals surface area contributed by atoms with E-state index in [1.165, 1.54) is 42.5 Å². The lowest BCUT2D eigenvalue weighted by Gasteiger charge is -2.00. The second-order valence-electron chi connectivity index (χ2n) is 5.51. The van der Waals surface area contributed by atoms with E-state index < -0.39 is 21.1 Å². The molecule has 27 heavy (non-hydrogen) atoms. The van der Waals surface area contributed by atoms with E-state index in [1.807, 2.05) is 0 Å². The summed E-state index contributed by atoms with van der Waals surface area (Å²) in [5.41, 5.74) is -2.11. The van der Waals surface area contributed by atoms with Gasteiger partial charge in [-0.1, -0.05) is 6.07 Å². The van der Waals surface area contributed by atoms with Crippen molar-refractivity contribution in [2.24, 2.45) is 0 Å². The summed E-state index contributed by atoms with van der Waals surface area (Å²) in [6.07, 6.45) is 0. The number of para-hydroxylation sites is 1. The molecule has 0 radical (unpaired) electrons. The van der Waals surface area contributed by atoms with Crippen LogP contribution in [0.1, 0.15) is 0 Å². The molecule has 4 rings (SSSR count). The summed E-state index contributed by atoms with van der Waals surface area (Å²) in [5, 5.41) is 25.9. The number of nitro benzene ring substituents is 2. The number of hydrogen-bond acceptors (Lipinski definition) is 7. The Morgan fingerprint density at radius 3 is 2.30 bits per heavy atom. The molecule has 0 spiro atoms. The highest BCUT2D eigenvalue weighted by Gasteiger charge is 2.20. The first-order valence-electron chi connectivity index (χ1n) is 7.44. The molecule has 0 atom stereocenters. The second kappa shape index (κ2) is 5.59. The molecule has 0 bridgehead atoms. The normalized spacial score (nSPS) is 11.1. The van der Waals surface area contributed by atoms with E-state index in [4.69, 9.17) is 0 Å². The molecule has 12 nitrogen and oxygen atoms in total. The highest BCUT2D eigenvalue weighted by atomic mass is 16.6. The van der Waals surface area contributed by atoms with Crippen LogP contribution in [0.4, 0.5) is 11.4 Å². The maximum Gasteiger partial charge on any atom is 0.355 e. The van der Waals surface area contributed by atoms with E-state index >= 15 is 0 Å². The van der Waals surface area contributed by atoms with Crippen LogP contribution in [0.5, 0.6) is 0 Å². The van der Waals surface area contributed by atoms with Crippen LogP contribution in [0.2, 0.25) is 0 Å². The first-order chi connectivity index (χ1) is 12.9. The van der Waals surface area contributed by atoms with Gasteiger partial charge >= 0.3 is 5.69 Å². The molecule has 0 aliphatic carbocycles. The Balaban J connectivity index is 2.06. The van der Waals surface area contributed by atoms with Crippen LogP contribution in [0.25, 0.3) is 22.4 Å². The van der Waals surface area contributed by atoms with Crippen molar-refractivity contribution in [1.82, 2.24) is 19.2 Å². The second-order valence-corrected chi connectivity index (χ2v) is 5.51. The van der Waals surface area contributed by atoms with Gasteiger partial charge in [-0.3, -0.25) is 25.0 Å². The monoisotopic (exact) mass is 368 g/mol. The van der Waals surface area contributed by atoms with E-state index in [1.54, 1.807) is 0 Å². The third-order valence-corrected chi connectivity index (χ3v) is 3.98. The van der Waals surface area contributed by atoms with Gasteiger partial charge in [0.2, 0.25) is 5.65 Å². The number of benzene rings is 2. The predicted molar refractivity (Wildman–Crippen MR) is 92.2 cm³/mol. The summed E-state index contributed by atoms with van der Waals surface area (Å²) in [6.45, 7) is 0. The molecule has 2 aromatic heterocycles. The van der Waals surface area contributed by atoms with Gasteiger partial charge in [-0.2, -0.15) is 4.68 Å². The van der Waals surface area contributed by atoms with Gasteiger partial charge in [0.25, 0.3) is 16.9 Å². The maximum atomic E-state index is 12.8. The third kappa shape index (κ3) is 2.35. The fourth-order valence-corrected chi connectivity index (χ4v) is 2.78. The van der Waals surface area contributed by atoms with Gasteiger partial charge in [-0.05, 0) is 18.2 Å². The van der Waals surface area contributed by atoms with Crippen molar-refractivity contribution in [3.63, 3.8) is 0 Å². The molecule has 1 N–H and O–H groups in total. The van der Waals surface area contributed by atoms with E-state index in [2.05, 4.69) is 10.1 Å². The van der Waals surface area contributed by atoms with E-state index in [0.29, 0.717) is 0 Å². The lowest BCUT2D eigenvalue weighted by atomic mass is 10.2. The lowest BCUT2D eigenvalue weighted by Crippen LogP contribution is -2.21. The van der Waals surface area contributed by atoms with Crippen molar-refractivity contribution in [2.45, 2.75) is 0 Å². The fourth-order valence-electron chi connectivity index (χ4n) is 2.78. The summed E-state index contributed by atoms with van der Waals surface area (Å²) in [6, 6.07) is 9.03. The minimum absolute atomic E-state index is 0.106. The van der Waals surface area contributed by atoms with Crippen molar-refractivity contribution < 1.29 is 9.85 Å². The number of nitrogens with one attached hydrogen (secondary N) is 1. The summed E-state index contributed by atoms with van der Waals surface area (Å²) in [5.74, 6) is 0. The first-order valence-corrected chi connectivity index (χ1v) is 7.44. The highest BCUT2D eigenvalue weighted by Crippen LogP contribution is 2.22. The number of H-pyrrole nitrogens is 1. The predicted octanol–water partition coefficient (Wildman–Crippen LogP) is 1.14. The molecule has 134 valence electrons. The number of aromatic nitrogens is 4. The topological polar surface area (TPSA) is 158 Å². The maximum absolute atomic E-state index is 12.8. The largest absolute Gasteiger partial charge is 0.355 e. The minimum Gasteiger partial charge on any atom is -0.312 e. The van der Waals surface area contributed by atoms with Crippen LogP contribution >= 0.6 is 0 Å². The van der Waals surface area contributed by atoms with Gasteiger partial charge in [0.15, 0.2) is 0 Å². The third-order valence-electron chi connectivity index (χ3n) is 3.98. The zero-order chi connectivity index (χ0) is 19.3. The lowest BCUT2D eigenvalue weighted by molar-refractivity contribution is -0.384. The number of fused-ring (bicyclic) bond motifs is 3. The summed E-state index contributed by atoms with van der Waals surface area (Å²) in [4.78, 5) is 48.2. The molecule has 0 saturated carbocycles. The molecular formula is C15H8N6O6. The number of hydrogen-bond donors (Lipinski definition) is 1. The molecule has 2 aromatic carbocycles. The van der Waals surface area contributed by atoms with Crippen LogP contribution in [0.15, 0.2) is 52.1 Å². The van der Waals surface area contributed by atoms with E-state index in [9.17, 15) is 29.8 Å². The van der Waals surface area contributed by atoms with E-state index in [0.717, 1.165) is 9.08 Å². The molecule has 0 amide bonds. The van der Waals surface area contributed by atoms with E-state index in [-0.39, 0.29) is 33.7 Å². The molecule has 0 saturated heterocycles. The number of nitro groups is 2. The quantitative estimate of drug-likeness (QED) is 0.419. The van der Waals surface area contributed by atoms with Gasteiger partial charge < -0.3 is 4.98 Å². The Labute approximate surface area is 147 Å². The SMILES string of the molecule is O=c1[nH]c2c([N+](=O)[O-])cccc2n2c(=O)n(-c3ccc([N+](=O)[O-])cc3)nc12. The minimum atomic E-state index is -0.783. The summed E-state index contributed by atoms with van der Waals surface area (Å²) >= 11 is 0. The average Bonchev–Trinajstić information content (AvgIpc) is 3.00. The Kier molecular flexibility index (Phi) is 3.34. The average molecular weight is 368 g/mol. The van der Waals surface area contributed by atoms with Gasteiger partial charge in [-0.25, -0.2) is 9.20 Å². The standard InChI is InChI=1S/C15H8N6O6/c22-14-13-17-19(8-4-6-9(7-5-8)20(24)25)15(23)18(13)10-2-1-3-11(21(26)27)12(10)16-14/h1-7H,(H,16,22).